The molecule has 0 aliphatic carbocycles. The summed E-state index contributed by atoms with van der Waals surface area (Å²) in [7, 11) is 1.38. The van der Waals surface area contributed by atoms with E-state index in [2.05, 4.69) is 19.2 Å². The van der Waals surface area contributed by atoms with Crippen molar-refractivity contribution in [3.05, 3.63) is 0 Å². The third kappa shape index (κ3) is 6.65. The monoisotopic (exact) mass is 281 g/mol. The van der Waals surface area contributed by atoms with Crippen LogP contribution in [0.2, 0.25) is 0 Å². The van der Waals surface area contributed by atoms with Gasteiger partial charge in [-0.2, -0.15) is 17.0 Å². The molecule has 0 atom stereocenters. The lowest BCUT2D eigenvalue weighted by Gasteiger charge is -2.24. The first-order valence-corrected chi connectivity index (χ1v) is 7.62. The van der Waals surface area contributed by atoms with E-state index < -0.39 is 10.2 Å². The number of likely N-dealkylation sites (N-methyl/N-ethyl adjacent to an activating group) is 1. The molecular formula is C11H27N3O3S. The Bertz CT molecular complexity index is 307. The molecule has 18 heavy (non-hydrogen) atoms. The highest BCUT2D eigenvalue weighted by Gasteiger charge is 2.22. The second kappa shape index (κ2) is 8.82. The van der Waals surface area contributed by atoms with Crippen LogP contribution in [0.3, 0.4) is 0 Å². The molecule has 0 unspecified atom stereocenters. The van der Waals surface area contributed by atoms with E-state index in [-0.39, 0.29) is 0 Å². The van der Waals surface area contributed by atoms with Gasteiger partial charge in [0.15, 0.2) is 0 Å². The van der Waals surface area contributed by atoms with E-state index in [0.29, 0.717) is 25.7 Å². The zero-order valence-corrected chi connectivity index (χ0v) is 13.0. The smallest absolute Gasteiger partial charge is 0.281 e. The van der Waals surface area contributed by atoms with Crippen molar-refractivity contribution >= 4 is 10.2 Å². The minimum absolute atomic E-state index is 0.368. The molecule has 0 aliphatic rings. The van der Waals surface area contributed by atoms with E-state index in [1.54, 1.807) is 21.2 Å². The lowest BCUT2D eigenvalue weighted by atomic mass is 10.3. The number of ether oxygens (including phenoxy) is 1. The van der Waals surface area contributed by atoms with Gasteiger partial charge in [0.05, 0.1) is 6.61 Å². The summed E-state index contributed by atoms with van der Waals surface area (Å²) in [5, 5.41) is 3.26. The molecule has 0 bridgehead atoms. The van der Waals surface area contributed by atoms with Crippen molar-refractivity contribution in [3.8, 4) is 0 Å². The SMILES string of the molecule is COCCN(C)S(=O)(=O)N(C)CCCNC(C)C. The van der Waals surface area contributed by atoms with Gasteiger partial charge in [-0.25, -0.2) is 0 Å². The van der Waals surface area contributed by atoms with Crippen LogP contribution in [0.5, 0.6) is 0 Å². The van der Waals surface area contributed by atoms with Crippen LogP contribution < -0.4 is 5.32 Å². The summed E-state index contributed by atoms with van der Waals surface area (Å²) >= 11 is 0. The van der Waals surface area contributed by atoms with Crippen LogP contribution in [0.1, 0.15) is 20.3 Å². The quantitative estimate of drug-likeness (QED) is 0.578. The number of hydrogen-bond donors (Lipinski definition) is 1. The molecule has 6 nitrogen and oxygen atoms in total. The van der Waals surface area contributed by atoms with Crippen LogP contribution in [-0.2, 0) is 14.9 Å². The zero-order chi connectivity index (χ0) is 14.2. The molecule has 0 fully saturated rings. The van der Waals surface area contributed by atoms with Crippen LogP contribution >= 0.6 is 0 Å². The molecule has 0 amide bonds. The predicted octanol–water partition coefficient (Wildman–Crippen LogP) is 0.129. The van der Waals surface area contributed by atoms with Crippen molar-refractivity contribution in [2.45, 2.75) is 26.3 Å². The van der Waals surface area contributed by atoms with Crippen molar-refractivity contribution in [2.24, 2.45) is 0 Å². The first kappa shape index (κ1) is 17.8. The van der Waals surface area contributed by atoms with Gasteiger partial charge in [0.1, 0.15) is 0 Å². The van der Waals surface area contributed by atoms with Crippen molar-refractivity contribution in [1.82, 2.24) is 13.9 Å². The van der Waals surface area contributed by atoms with Gasteiger partial charge in [-0.15, -0.1) is 0 Å². The highest BCUT2D eigenvalue weighted by atomic mass is 32.2. The highest BCUT2D eigenvalue weighted by Crippen LogP contribution is 2.04. The van der Waals surface area contributed by atoms with Crippen molar-refractivity contribution in [2.75, 3.05) is 47.4 Å². The molecule has 0 aromatic carbocycles. The first-order chi connectivity index (χ1) is 8.32. The Morgan fingerprint density at radius 1 is 1.17 bits per heavy atom. The molecular weight excluding hydrogens is 254 g/mol. The van der Waals surface area contributed by atoms with Gasteiger partial charge in [0, 0.05) is 40.3 Å². The molecule has 0 saturated heterocycles. The van der Waals surface area contributed by atoms with E-state index in [4.69, 9.17) is 4.74 Å². The third-order valence-corrected chi connectivity index (χ3v) is 4.54. The van der Waals surface area contributed by atoms with E-state index in [9.17, 15) is 8.42 Å². The van der Waals surface area contributed by atoms with Crippen molar-refractivity contribution in [1.29, 1.82) is 0 Å². The molecule has 0 heterocycles. The molecule has 110 valence electrons. The van der Waals surface area contributed by atoms with E-state index in [1.807, 2.05) is 0 Å². The fourth-order valence-corrected chi connectivity index (χ4v) is 2.52. The van der Waals surface area contributed by atoms with E-state index in [0.717, 1.165) is 13.0 Å². The molecule has 0 rings (SSSR count). The summed E-state index contributed by atoms with van der Waals surface area (Å²) in [6.07, 6.45) is 0.798. The van der Waals surface area contributed by atoms with Gasteiger partial charge >= 0.3 is 0 Å². The van der Waals surface area contributed by atoms with Crippen molar-refractivity contribution < 1.29 is 13.2 Å². The molecule has 1 N–H and O–H groups in total. The second-order valence-corrected chi connectivity index (χ2v) is 6.75. The van der Waals surface area contributed by atoms with Crippen molar-refractivity contribution in [3.63, 3.8) is 0 Å². The average molecular weight is 281 g/mol. The topological polar surface area (TPSA) is 61.9 Å². The number of rotatable bonds is 10. The van der Waals surface area contributed by atoms with E-state index >= 15 is 0 Å². The minimum Gasteiger partial charge on any atom is -0.383 e. The maximum atomic E-state index is 12.0. The maximum absolute atomic E-state index is 12.0. The summed E-state index contributed by atoms with van der Waals surface area (Å²) in [5.41, 5.74) is 0. The number of methoxy groups -OCH3 is 1. The fourth-order valence-electron chi connectivity index (χ4n) is 1.38. The number of hydrogen-bond acceptors (Lipinski definition) is 4. The Morgan fingerprint density at radius 3 is 2.22 bits per heavy atom. The Balaban J connectivity index is 4.09. The average Bonchev–Trinajstić information content (AvgIpc) is 2.30. The summed E-state index contributed by atoms with van der Waals surface area (Å²) < 4.78 is 31.6. The minimum atomic E-state index is -3.35. The Morgan fingerprint density at radius 2 is 1.72 bits per heavy atom. The zero-order valence-electron chi connectivity index (χ0n) is 12.1. The van der Waals surface area contributed by atoms with Crippen LogP contribution in [0, 0.1) is 0 Å². The molecule has 0 spiro atoms. The lowest BCUT2D eigenvalue weighted by molar-refractivity contribution is 0.183. The molecule has 0 saturated carbocycles. The molecule has 0 aromatic heterocycles. The summed E-state index contributed by atoms with van der Waals surface area (Å²) in [6, 6.07) is 0.427. The largest absolute Gasteiger partial charge is 0.383 e. The van der Waals surface area contributed by atoms with Gasteiger partial charge in [-0.1, -0.05) is 13.8 Å². The van der Waals surface area contributed by atoms with E-state index in [1.165, 1.54) is 8.61 Å². The standard InChI is InChI=1S/C11H27N3O3S/c1-11(2)12-7-6-8-13(3)18(15,16)14(4)9-10-17-5/h11-12H,6-10H2,1-5H3. The maximum Gasteiger partial charge on any atom is 0.281 e. The van der Waals surface area contributed by atoms with Gasteiger partial charge in [0.2, 0.25) is 0 Å². The van der Waals surface area contributed by atoms with Crippen LogP contribution in [0.25, 0.3) is 0 Å². The Labute approximate surface area is 111 Å². The summed E-state index contributed by atoms with van der Waals surface area (Å²) in [6.45, 7) is 6.24. The Kier molecular flexibility index (Phi) is 8.71. The number of nitrogens with zero attached hydrogens (tertiary/aromatic N) is 2. The van der Waals surface area contributed by atoms with Crippen LogP contribution in [-0.4, -0.2) is 70.5 Å². The predicted molar refractivity (Wildman–Crippen MR) is 73.8 cm³/mol. The van der Waals surface area contributed by atoms with Crippen LogP contribution in [0.15, 0.2) is 0 Å². The molecule has 0 radical (unpaired) electrons. The highest BCUT2D eigenvalue weighted by molar-refractivity contribution is 7.86. The molecule has 7 heteroatoms. The Hall–Kier alpha value is -0.210. The fraction of sp³-hybridized carbons (Fsp3) is 1.00. The normalized spacial score (nSPS) is 12.9. The van der Waals surface area contributed by atoms with Gasteiger partial charge in [-0.3, -0.25) is 0 Å². The first-order valence-electron chi connectivity index (χ1n) is 6.22. The van der Waals surface area contributed by atoms with Gasteiger partial charge in [0.25, 0.3) is 10.2 Å². The molecule has 0 aromatic rings. The number of nitrogens with one attached hydrogen (secondary N) is 1. The molecule has 0 aliphatic heterocycles. The lowest BCUT2D eigenvalue weighted by Crippen LogP contribution is -2.42. The third-order valence-electron chi connectivity index (χ3n) is 2.60. The summed E-state index contributed by atoms with van der Waals surface area (Å²) in [5.74, 6) is 0. The van der Waals surface area contributed by atoms with Gasteiger partial charge in [-0.05, 0) is 13.0 Å². The second-order valence-electron chi connectivity index (χ2n) is 4.61. The van der Waals surface area contributed by atoms with Crippen LogP contribution in [0.4, 0.5) is 0 Å². The summed E-state index contributed by atoms with van der Waals surface area (Å²) in [4.78, 5) is 0. The van der Waals surface area contributed by atoms with Gasteiger partial charge < -0.3 is 10.1 Å².